The summed E-state index contributed by atoms with van der Waals surface area (Å²) in [6.07, 6.45) is 0. The van der Waals surface area contributed by atoms with Crippen LogP contribution in [-0.4, -0.2) is 20.5 Å². The van der Waals surface area contributed by atoms with Crippen LogP contribution in [0, 0.1) is 6.92 Å². The molecular formula is C18H15ClF2N2O3S. The van der Waals surface area contributed by atoms with Crippen molar-refractivity contribution in [2.45, 2.75) is 17.2 Å². The fourth-order valence-electron chi connectivity index (χ4n) is 2.48. The van der Waals surface area contributed by atoms with Gasteiger partial charge in [-0.15, -0.1) is 0 Å². The minimum atomic E-state index is -4.01. The van der Waals surface area contributed by atoms with E-state index in [1.165, 1.54) is 37.4 Å². The van der Waals surface area contributed by atoms with Crippen LogP contribution in [0.2, 0.25) is 0 Å². The Morgan fingerprint density at radius 3 is 2.37 bits per heavy atom. The molecule has 0 saturated heterocycles. The van der Waals surface area contributed by atoms with E-state index in [1.54, 1.807) is 12.1 Å². The van der Waals surface area contributed by atoms with Crippen molar-refractivity contribution in [3.8, 4) is 5.75 Å². The Kier molecular flexibility index (Phi) is 4.96. The molecule has 9 heteroatoms. The highest BCUT2D eigenvalue weighted by Crippen LogP contribution is 2.36. The van der Waals surface area contributed by atoms with Crippen molar-refractivity contribution >= 4 is 38.2 Å². The quantitative estimate of drug-likeness (QED) is 0.620. The van der Waals surface area contributed by atoms with Gasteiger partial charge in [0.2, 0.25) is 0 Å². The van der Waals surface area contributed by atoms with E-state index in [0.29, 0.717) is 11.1 Å². The smallest absolute Gasteiger partial charge is 0.364 e. The molecule has 3 rings (SSSR count). The minimum Gasteiger partial charge on any atom is -0.497 e. The van der Waals surface area contributed by atoms with Crippen molar-refractivity contribution in [1.29, 1.82) is 0 Å². The number of pyridine rings is 1. The molecule has 0 fully saturated rings. The molecule has 5 nitrogen and oxygen atoms in total. The highest BCUT2D eigenvalue weighted by molar-refractivity contribution is 7.92. The SMILES string of the molecule is COc1ccc2nc(C(F)(F)Cl)cc(NS(=O)(=O)c3ccc(C)cc3)c2c1. The number of hydrogen-bond acceptors (Lipinski definition) is 4. The maximum Gasteiger partial charge on any atom is 0.364 e. The third-order valence-electron chi connectivity index (χ3n) is 3.88. The number of aryl methyl sites for hydroxylation is 1. The first-order chi connectivity index (χ1) is 12.6. The molecule has 0 unspecified atom stereocenters. The molecular weight excluding hydrogens is 398 g/mol. The van der Waals surface area contributed by atoms with E-state index in [0.717, 1.165) is 11.6 Å². The Balaban J connectivity index is 2.17. The zero-order valence-corrected chi connectivity index (χ0v) is 15.9. The number of halogens is 3. The van der Waals surface area contributed by atoms with Gasteiger partial charge in [0, 0.05) is 5.39 Å². The second-order valence-electron chi connectivity index (χ2n) is 5.85. The van der Waals surface area contributed by atoms with Crippen LogP contribution in [0.15, 0.2) is 53.4 Å². The number of ether oxygens (including phenoxy) is 1. The van der Waals surface area contributed by atoms with E-state index in [-0.39, 0.29) is 16.1 Å². The average Bonchev–Trinajstić information content (AvgIpc) is 2.60. The molecule has 0 aliphatic heterocycles. The lowest BCUT2D eigenvalue weighted by Gasteiger charge is -2.15. The summed E-state index contributed by atoms with van der Waals surface area (Å²) in [5.41, 5.74) is 0.200. The van der Waals surface area contributed by atoms with Crippen LogP contribution in [0.5, 0.6) is 5.75 Å². The van der Waals surface area contributed by atoms with Crippen molar-refractivity contribution in [3.05, 3.63) is 59.8 Å². The molecule has 0 spiro atoms. The molecule has 3 aromatic rings. The molecule has 0 bridgehead atoms. The molecule has 27 heavy (non-hydrogen) atoms. The Hall–Kier alpha value is -2.45. The van der Waals surface area contributed by atoms with Gasteiger partial charge in [-0.3, -0.25) is 4.72 Å². The molecule has 0 amide bonds. The van der Waals surface area contributed by atoms with Gasteiger partial charge in [0.15, 0.2) is 0 Å². The molecule has 142 valence electrons. The fraction of sp³-hybridized carbons (Fsp3) is 0.167. The van der Waals surface area contributed by atoms with Crippen molar-refractivity contribution in [3.63, 3.8) is 0 Å². The van der Waals surface area contributed by atoms with Gasteiger partial charge in [-0.25, -0.2) is 13.4 Å². The average molecular weight is 413 g/mol. The van der Waals surface area contributed by atoms with E-state index in [4.69, 9.17) is 16.3 Å². The van der Waals surface area contributed by atoms with Crippen LogP contribution in [0.3, 0.4) is 0 Å². The third kappa shape index (κ3) is 4.12. The number of nitrogens with zero attached hydrogens (tertiary/aromatic N) is 1. The van der Waals surface area contributed by atoms with E-state index in [9.17, 15) is 17.2 Å². The molecule has 2 aromatic carbocycles. The zero-order chi connectivity index (χ0) is 19.8. The predicted molar refractivity (Wildman–Crippen MR) is 100 cm³/mol. The second kappa shape index (κ2) is 6.94. The zero-order valence-electron chi connectivity index (χ0n) is 14.3. The van der Waals surface area contributed by atoms with E-state index < -0.39 is 21.1 Å². The third-order valence-corrected chi connectivity index (χ3v) is 5.46. The monoisotopic (exact) mass is 412 g/mol. The molecule has 0 aliphatic rings. The van der Waals surface area contributed by atoms with Gasteiger partial charge in [-0.2, -0.15) is 8.78 Å². The van der Waals surface area contributed by atoms with Gasteiger partial charge in [0.25, 0.3) is 10.0 Å². The van der Waals surface area contributed by atoms with Crippen molar-refractivity contribution < 1.29 is 21.9 Å². The number of aromatic nitrogens is 1. The number of fused-ring (bicyclic) bond motifs is 1. The number of nitrogens with one attached hydrogen (secondary N) is 1. The molecule has 1 N–H and O–H groups in total. The van der Waals surface area contributed by atoms with E-state index >= 15 is 0 Å². The molecule has 0 atom stereocenters. The summed E-state index contributed by atoms with van der Waals surface area (Å²) in [4.78, 5) is 3.82. The first-order valence-corrected chi connectivity index (χ1v) is 9.62. The van der Waals surface area contributed by atoms with Crippen molar-refractivity contribution in [1.82, 2.24) is 4.98 Å². The van der Waals surface area contributed by atoms with Gasteiger partial charge < -0.3 is 4.74 Å². The summed E-state index contributed by atoms with van der Waals surface area (Å²) in [6.45, 7) is 1.82. The number of methoxy groups -OCH3 is 1. The van der Waals surface area contributed by atoms with E-state index in [1.807, 2.05) is 6.92 Å². The lowest BCUT2D eigenvalue weighted by atomic mass is 10.1. The Bertz CT molecular complexity index is 1100. The van der Waals surface area contributed by atoms with Gasteiger partial charge in [0.05, 0.1) is 23.2 Å². The number of benzene rings is 2. The largest absolute Gasteiger partial charge is 0.497 e. The number of rotatable bonds is 5. The Morgan fingerprint density at radius 1 is 1.11 bits per heavy atom. The van der Waals surface area contributed by atoms with Crippen molar-refractivity contribution in [2.75, 3.05) is 11.8 Å². The number of anilines is 1. The van der Waals surface area contributed by atoms with Gasteiger partial charge in [-0.05, 0) is 54.9 Å². The molecule has 0 aliphatic carbocycles. The molecule has 0 saturated carbocycles. The minimum absolute atomic E-state index is 0.000132. The number of hydrogen-bond donors (Lipinski definition) is 1. The molecule has 0 radical (unpaired) electrons. The maximum atomic E-state index is 13.6. The lowest BCUT2D eigenvalue weighted by molar-refractivity contribution is 0.0904. The summed E-state index contributed by atoms with van der Waals surface area (Å²) in [6, 6.07) is 11.5. The summed E-state index contributed by atoms with van der Waals surface area (Å²) < 4.78 is 60.1. The van der Waals surface area contributed by atoms with Gasteiger partial charge >= 0.3 is 5.38 Å². The summed E-state index contributed by atoms with van der Waals surface area (Å²) in [5, 5.41) is -3.45. The molecule has 1 aromatic heterocycles. The second-order valence-corrected chi connectivity index (χ2v) is 8.01. The normalized spacial score (nSPS) is 12.2. The topological polar surface area (TPSA) is 68.3 Å². The van der Waals surface area contributed by atoms with Crippen LogP contribution < -0.4 is 9.46 Å². The van der Waals surface area contributed by atoms with Gasteiger partial charge in [0.1, 0.15) is 11.4 Å². The van der Waals surface area contributed by atoms with Crippen molar-refractivity contribution in [2.24, 2.45) is 0 Å². The first kappa shape index (κ1) is 19.3. The van der Waals surface area contributed by atoms with E-state index in [2.05, 4.69) is 9.71 Å². The Labute approximate surface area is 160 Å². The lowest BCUT2D eigenvalue weighted by Crippen LogP contribution is -2.15. The Morgan fingerprint density at radius 2 is 1.78 bits per heavy atom. The number of alkyl halides is 3. The summed E-state index contributed by atoms with van der Waals surface area (Å²) >= 11 is 5.10. The highest BCUT2D eigenvalue weighted by Gasteiger charge is 2.31. The summed E-state index contributed by atoms with van der Waals surface area (Å²) in [7, 11) is -2.57. The molecule has 1 heterocycles. The van der Waals surface area contributed by atoms with Gasteiger partial charge in [-0.1, -0.05) is 17.7 Å². The number of sulfonamides is 1. The van der Waals surface area contributed by atoms with Crippen LogP contribution in [0.25, 0.3) is 10.9 Å². The standard InChI is InChI=1S/C18H15ClF2N2O3S/c1-11-3-6-13(7-4-11)27(24,25)23-16-10-17(18(19,20)21)22-15-8-5-12(26-2)9-14(15)16/h3-10H,1-2H3,(H,22,23). The van der Waals surface area contributed by atoms with Crippen LogP contribution in [0.1, 0.15) is 11.3 Å². The predicted octanol–water partition coefficient (Wildman–Crippen LogP) is 4.64. The fourth-order valence-corrected chi connectivity index (χ4v) is 3.65. The maximum absolute atomic E-state index is 13.6. The van der Waals surface area contributed by atoms with Crippen LogP contribution in [-0.2, 0) is 15.4 Å². The van der Waals surface area contributed by atoms with Crippen LogP contribution >= 0.6 is 11.6 Å². The summed E-state index contributed by atoms with van der Waals surface area (Å²) in [5.74, 6) is 0.422. The highest BCUT2D eigenvalue weighted by atomic mass is 35.5. The van der Waals surface area contributed by atoms with Crippen LogP contribution in [0.4, 0.5) is 14.5 Å². The first-order valence-electron chi connectivity index (χ1n) is 7.75.